The molecule has 0 spiro atoms. The van der Waals surface area contributed by atoms with Crippen molar-refractivity contribution in [3.8, 4) is 0 Å². The first-order chi connectivity index (χ1) is 8.68. The second-order valence-corrected chi connectivity index (χ2v) is 5.13. The minimum absolute atomic E-state index is 0.0329. The summed E-state index contributed by atoms with van der Waals surface area (Å²) in [5.74, 6) is -1.17. The van der Waals surface area contributed by atoms with E-state index < -0.39 is 11.9 Å². The number of fused-ring (bicyclic) bond motifs is 2. The molecule has 0 bridgehead atoms. The predicted molar refractivity (Wildman–Crippen MR) is 67.9 cm³/mol. The van der Waals surface area contributed by atoms with Crippen LogP contribution in [0, 0.1) is 12.8 Å². The van der Waals surface area contributed by atoms with Gasteiger partial charge in [0.2, 0.25) is 0 Å². The van der Waals surface area contributed by atoms with Crippen LogP contribution in [0.2, 0.25) is 0 Å². The van der Waals surface area contributed by atoms with Crippen molar-refractivity contribution in [1.29, 1.82) is 0 Å². The van der Waals surface area contributed by atoms with Crippen molar-refractivity contribution in [3.63, 3.8) is 0 Å². The number of rotatable bonds is 1. The van der Waals surface area contributed by atoms with Crippen molar-refractivity contribution in [2.24, 2.45) is 5.92 Å². The third-order valence-corrected chi connectivity index (χ3v) is 4.06. The summed E-state index contributed by atoms with van der Waals surface area (Å²) < 4.78 is 5.46. The Morgan fingerprint density at radius 1 is 1.50 bits per heavy atom. The van der Waals surface area contributed by atoms with Gasteiger partial charge in [0.1, 0.15) is 0 Å². The quantitative estimate of drug-likeness (QED) is 0.797. The van der Waals surface area contributed by atoms with Crippen molar-refractivity contribution >= 4 is 11.7 Å². The number of aliphatic carboxylic acids is 1. The Balaban J connectivity index is 2.10. The van der Waals surface area contributed by atoms with Gasteiger partial charge >= 0.3 is 5.97 Å². The van der Waals surface area contributed by atoms with E-state index in [1.54, 1.807) is 0 Å². The van der Waals surface area contributed by atoms with E-state index in [1.807, 2.05) is 25.1 Å². The summed E-state index contributed by atoms with van der Waals surface area (Å²) in [4.78, 5) is 11.6. The van der Waals surface area contributed by atoms with E-state index in [-0.39, 0.29) is 12.0 Å². The van der Waals surface area contributed by atoms with Gasteiger partial charge in [0.15, 0.2) is 0 Å². The standard InChI is InChI=1S/C14H17NO3/c1-8-3-2-4-9-12(14(16)17)10-7-18-6-5-11(10)15-13(8)9/h2-4,10-12,15H,5-7H2,1H3,(H,16,17). The van der Waals surface area contributed by atoms with Gasteiger partial charge in [-0.2, -0.15) is 0 Å². The number of anilines is 1. The SMILES string of the molecule is Cc1cccc2c1NC1CCOCC1C2C(=O)O. The van der Waals surface area contributed by atoms with Crippen LogP contribution in [0.4, 0.5) is 5.69 Å². The molecule has 96 valence electrons. The van der Waals surface area contributed by atoms with Crippen molar-refractivity contribution in [2.45, 2.75) is 25.3 Å². The molecule has 0 radical (unpaired) electrons. The molecular weight excluding hydrogens is 230 g/mol. The van der Waals surface area contributed by atoms with Crippen molar-refractivity contribution < 1.29 is 14.6 Å². The minimum atomic E-state index is -0.746. The molecule has 0 aromatic heterocycles. The Morgan fingerprint density at radius 3 is 3.11 bits per heavy atom. The van der Waals surface area contributed by atoms with Gasteiger partial charge in [0, 0.05) is 24.3 Å². The predicted octanol–water partition coefficient (Wildman–Crippen LogP) is 1.99. The second-order valence-electron chi connectivity index (χ2n) is 5.13. The summed E-state index contributed by atoms with van der Waals surface area (Å²) in [6.45, 7) is 3.26. The van der Waals surface area contributed by atoms with E-state index >= 15 is 0 Å². The topological polar surface area (TPSA) is 58.6 Å². The summed E-state index contributed by atoms with van der Waals surface area (Å²) >= 11 is 0. The van der Waals surface area contributed by atoms with Crippen LogP contribution in [-0.4, -0.2) is 30.3 Å². The highest BCUT2D eigenvalue weighted by atomic mass is 16.5. The summed E-state index contributed by atoms with van der Waals surface area (Å²) in [7, 11) is 0. The molecule has 1 fully saturated rings. The first kappa shape index (κ1) is 11.5. The monoisotopic (exact) mass is 247 g/mol. The van der Waals surface area contributed by atoms with E-state index in [4.69, 9.17) is 4.74 Å². The number of ether oxygens (including phenoxy) is 1. The fourth-order valence-corrected chi connectivity index (χ4v) is 3.15. The zero-order valence-corrected chi connectivity index (χ0v) is 10.3. The van der Waals surface area contributed by atoms with Gasteiger partial charge in [-0.05, 0) is 24.5 Å². The van der Waals surface area contributed by atoms with Gasteiger partial charge < -0.3 is 15.2 Å². The van der Waals surface area contributed by atoms with Crippen LogP contribution < -0.4 is 5.32 Å². The molecule has 0 amide bonds. The van der Waals surface area contributed by atoms with E-state index in [0.717, 1.165) is 23.2 Å². The Bertz CT molecular complexity index is 486. The molecule has 4 nitrogen and oxygen atoms in total. The van der Waals surface area contributed by atoms with Gasteiger partial charge in [0.05, 0.1) is 12.5 Å². The minimum Gasteiger partial charge on any atom is -0.481 e. The first-order valence-corrected chi connectivity index (χ1v) is 6.35. The van der Waals surface area contributed by atoms with Crippen LogP contribution in [0.3, 0.4) is 0 Å². The molecule has 0 saturated carbocycles. The summed E-state index contributed by atoms with van der Waals surface area (Å²) in [6, 6.07) is 6.08. The van der Waals surface area contributed by atoms with Crippen LogP contribution in [0.25, 0.3) is 0 Å². The Kier molecular flexibility index (Phi) is 2.74. The fraction of sp³-hybridized carbons (Fsp3) is 0.500. The normalized spacial score (nSPS) is 29.9. The molecule has 1 aromatic rings. The number of carboxylic acid groups (broad SMARTS) is 1. The lowest BCUT2D eigenvalue weighted by Crippen LogP contribution is -2.46. The Hall–Kier alpha value is -1.55. The molecule has 18 heavy (non-hydrogen) atoms. The van der Waals surface area contributed by atoms with E-state index in [2.05, 4.69) is 5.32 Å². The molecular formula is C14H17NO3. The van der Waals surface area contributed by atoms with E-state index in [1.165, 1.54) is 0 Å². The summed E-state index contributed by atoms with van der Waals surface area (Å²) in [5.41, 5.74) is 3.02. The van der Waals surface area contributed by atoms with Crippen LogP contribution in [0.15, 0.2) is 18.2 Å². The lowest BCUT2D eigenvalue weighted by molar-refractivity contribution is -0.142. The number of aryl methyl sites for hydroxylation is 1. The highest BCUT2D eigenvalue weighted by Gasteiger charge is 2.42. The smallest absolute Gasteiger partial charge is 0.311 e. The number of para-hydroxylation sites is 1. The largest absolute Gasteiger partial charge is 0.481 e. The van der Waals surface area contributed by atoms with Crippen LogP contribution >= 0.6 is 0 Å². The lowest BCUT2D eigenvalue weighted by Gasteiger charge is -2.42. The molecule has 1 aromatic carbocycles. The maximum Gasteiger partial charge on any atom is 0.311 e. The number of benzene rings is 1. The Labute approximate surface area is 106 Å². The highest BCUT2D eigenvalue weighted by Crippen LogP contribution is 2.42. The number of carbonyl (C=O) groups is 1. The maximum atomic E-state index is 11.6. The molecule has 4 heteroatoms. The summed E-state index contributed by atoms with van der Waals surface area (Å²) in [6.07, 6.45) is 0.877. The molecule has 3 atom stereocenters. The van der Waals surface area contributed by atoms with Crippen LogP contribution in [0.1, 0.15) is 23.5 Å². The third kappa shape index (κ3) is 1.68. The average Bonchev–Trinajstić information content (AvgIpc) is 2.36. The van der Waals surface area contributed by atoms with Crippen LogP contribution in [0.5, 0.6) is 0 Å². The second kappa shape index (κ2) is 4.28. The summed E-state index contributed by atoms with van der Waals surface area (Å²) in [5, 5.41) is 13.0. The molecule has 3 unspecified atom stereocenters. The van der Waals surface area contributed by atoms with Gasteiger partial charge in [-0.15, -0.1) is 0 Å². The van der Waals surface area contributed by atoms with Gasteiger partial charge in [-0.25, -0.2) is 0 Å². The van der Waals surface area contributed by atoms with Crippen molar-refractivity contribution in [2.75, 3.05) is 18.5 Å². The average molecular weight is 247 g/mol. The molecule has 1 saturated heterocycles. The fourth-order valence-electron chi connectivity index (χ4n) is 3.15. The maximum absolute atomic E-state index is 11.6. The van der Waals surface area contributed by atoms with Crippen molar-refractivity contribution in [3.05, 3.63) is 29.3 Å². The van der Waals surface area contributed by atoms with Gasteiger partial charge in [-0.3, -0.25) is 4.79 Å². The zero-order valence-electron chi connectivity index (χ0n) is 10.3. The molecule has 2 N–H and O–H groups in total. The molecule has 2 heterocycles. The third-order valence-electron chi connectivity index (χ3n) is 4.06. The highest BCUT2D eigenvalue weighted by molar-refractivity contribution is 5.81. The molecule has 2 aliphatic heterocycles. The first-order valence-electron chi connectivity index (χ1n) is 6.35. The Morgan fingerprint density at radius 2 is 2.33 bits per heavy atom. The molecule has 3 rings (SSSR count). The number of carboxylic acids is 1. The van der Waals surface area contributed by atoms with Gasteiger partial charge in [0.25, 0.3) is 0 Å². The van der Waals surface area contributed by atoms with E-state index in [9.17, 15) is 9.90 Å². The zero-order chi connectivity index (χ0) is 12.7. The lowest BCUT2D eigenvalue weighted by atomic mass is 9.75. The molecule has 2 aliphatic rings. The number of hydrogen-bond donors (Lipinski definition) is 2. The molecule has 0 aliphatic carbocycles. The van der Waals surface area contributed by atoms with Crippen LogP contribution in [-0.2, 0) is 9.53 Å². The van der Waals surface area contributed by atoms with Crippen molar-refractivity contribution in [1.82, 2.24) is 0 Å². The van der Waals surface area contributed by atoms with E-state index in [0.29, 0.717) is 13.2 Å². The number of nitrogens with one attached hydrogen (secondary N) is 1. The van der Waals surface area contributed by atoms with Gasteiger partial charge in [-0.1, -0.05) is 18.2 Å². The number of hydrogen-bond acceptors (Lipinski definition) is 3.